The van der Waals surface area contributed by atoms with E-state index in [0.717, 1.165) is 34.2 Å². The normalized spacial score (nSPS) is 11.1. The van der Waals surface area contributed by atoms with Crippen LogP contribution in [0.3, 0.4) is 0 Å². The second kappa shape index (κ2) is 3.91. The molecule has 0 atom stereocenters. The van der Waals surface area contributed by atoms with E-state index in [1.54, 1.807) is 0 Å². The number of aromatic nitrogens is 2. The molecule has 0 saturated carbocycles. The molecule has 0 aliphatic rings. The largest absolute Gasteiger partial charge is 0.342 e. The third-order valence-corrected chi connectivity index (χ3v) is 3.26. The lowest BCUT2D eigenvalue weighted by molar-refractivity contribution is 0.861. The number of benzene rings is 1. The number of fused-ring (bicyclic) bond motifs is 1. The molecular weight excluding hydrogens is 263 g/mol. The molecule has 0 radical (unpaired) electrons. The van der Waals surface area contributed by atoms with Gasteiger partial charge in [0.25, 0.3) is 0 Å². The summed E-state index contributed by atoms with van der Waals surface area (Å²) in [6.07, 6.45) is 2.07. The van der Waals surface area contributed by atoms with Crippen molar-refractivity contribution in [1.29, 1.82) is 0 Å². The Morgan fingerprint density at radius 3 is 3.00 bits per heavy atom. The zero-order valence-electron chi connectivity index (χ0n) is 7.77. The van der Waals surface area contributed by atoms with Crippen LogP contribution in [0.15, 0.2) is 16.6 Å². The molecule has 0 spiro atoms. The fourth-order valence-electron chi connectivity index (χ4n) is 1.41. The second-order valence-electron chi connectivity index (χ2n) is 3.22. The monoisotopic (exact) mass is 272 g/mol. The topological polar surface area (TPSA) is 28.7 Å². The number of nitrogens with one attached hydrogen (secondary N) is 1. The van der Waals surface area contributed by atoms with Gasteiger partial charge in [-0.2, -0.15) is 0 Å². The second-order valence-corrected chi connectivity index (χ2v) is 4.48. The summed E-state index contributed by atoms with van der Waals surface area (Å²) in [4.78, 5) is 7.71. The molecule has 0 bridgehead atoms. The molecular formula is C10H10BrClN2. The van der Waals surface area contributed by atoms with E-state index in [-0.39, 0.29) is 0 Å². The Kier molecular flexibility index (Phi) is 2.79. The van der Waals surface area contributed by atoms with Crippen LogP contribution in [0, 0.1) is 0 Å². The van der Waals surface area contributed by atoms with Gasteiger partial charge in [-0.05, 0) is 34.5 Å². The number of rotatable bonds is 2. The summed E-state index contributed by atoms with van der Waals surface area (Å²) in [5, 5.41) is 0.712. The summed E-state index contributed by atoms with van der Waals surface area (Å²) in [6, 6.07) is 3.83. The highest BCUT2D eigenvalue weighted by atomic mass is 79.9. The number of halogens is 2. The molecule has 2 aromatic rings. The molecule has 2 nitrogen and oxygen atoms in total. The van der Waals surface area contributed by atoms with Crippen LogP contribution in [-0.2, 0) is 6.42 Å². The molecule has 0 unspecified atom stereocenters. The summed E-state index contributed by atoms with van der Waals surface area (Å²) < 4.78 is 0.890. The van der Waals surface area contributed by atoms with Gasteiger partial charge < -0.3 is 4.98 Å². The van der Waals surface area contributed by atoms with Gasteiger partial charge in [0.2, 0.25) is 0 Å². The smallest absolute Gasteiger partial charge is 0.107 e. The van der Waals surface area contributed by atoms with Crippen LogP contribution in [0.1, 0.15) is 19.2 Å². The average Bonchev–Trinajstić information content (AvgIpc) is 2.48. The molecule has 0 fully saturated rings. The van der Waals surface area contributed by atoms with Crippen molar-refractivity contribution < 1.29 is 0 Å². The lowest BCUT2D eigenvalue weighted by Gasteiger charge is -1.93. The lowest BCUT2D eigenvalue weighted by atomic mass is 10.3. The molecule has 74 valence electrons. The number of H-pyrrole nitrogens is 1. The van der Waals surface area contributed by atoms with Crippen LogP contribution in [0.5, 0.6) is 0 Å². The number of imidazole rings is 1. The van der Waals surface area contributed by atoms with Crippen molar-refractivity contribution in [3.8, 4) is 0 Å². The summed E-state index contributed by atoms with van der Waals surface area (Å²) >= 11 is 9.36. The first-order valence-corrected chi connectivity index (χ1v) is 5.71. The molecule has 0 saturated heterocycles. The molecule has 0 aliphatic heterocycles. The Morgan fingerprint density at radius 1 is 1.50 bits per heavy atom. The Balaban J connectivity index is 2.54. The van der Waals surface area contributed by atoms with Gasteiger partial charge in [0.05, 0.1) is 16.1 Å². The van der Waals surface area contributed by atoms with Gasteiger partial charge >= 0.3 is 0 Å². The van der Waals surface area contributed by atoms with E-state index in [0.29, 0.717) is 5.02 Å². The average molecular weight is 274 g/mol. The van der Waals surface area contributed by atoms with E-state index in [1.165, 1.54) is 0 Å². The van der Waals surface area contributed by atoms with Crippen molar-refractivity contribution in [1.82, 2.24) is 9.97 Å². The van der Waals surface area contributed by atoms with Crippen molar-refractivity contribution in [2.45, 2.75) is 19.8 Å². The number of hydrogen-bond acceptors (Lipinski definition) is 1. The quantitative estimate of drug-likeness (QED) is 0.882. The predicted octanol–water partition coefficient (Wildman–Crippen LogP) is 3.93. The Bertz CT molecular complexity index is 425. The van der Waals surface area contributed by atoms with Gasteiger partial charge in [-0.25, -0.2) is 4.98 Å². The molecule has 1 aromatic heterocycles. The number of aromatic amines is 1. The van der Waals surface area contributed by atoms with Crippen LogP contribution >= 0.6 is 27.5 Å². The maximum absolute atomic E-state index is 5.98. The van der Waals surface area contributed by atoms with Gasteiger partial charge in [0, 0.05) is 10.9 Å². The van der Waals surface area contributed by atoms with Crippen molar-refractivity contribution >= 4 is 38.6 Å². The SMILES string of the molecule is CCCc1nc2cc(Br)c(Cl)cc2[nH]1. The van der Waals surface area contributed by atoms with E-state index < -0.39 is 0 Å². The molecule has 1 aromatic carbocycles. The Hall–Kier alpha value is -0.540. The first-order chi connectivity index (χ1) is 6.70. The van der Waals surface area contributed by atoms with E-state index in [4.69, 9.17) is 11.6 Å². The van der Waals surface area contributed by atoms with Crippen molar-refractivity contribution in [2.24, 2.45) is 0 Å². The Labute approximate surface area is 95.8 Å². The van der Waals surface area contributed by atoms with Crippen LogP contribution in [-0.4, -0.2) is 9.97 Å². The molecule has 2 rings (SSSR count). The minimum atomic E-state index is 0.712. The van der Waals surface area contributed by atoms with Crippen LogP contribution < -0.4 is 0 Å². The number of hydrogen-bond donors (Lipinski definition) is 1. The van der Waals surface area contributed by atoms with E-state index >= 15 is 0 Å². The molecule has 1 heterocycles. The maximum atomic E-state index is 5.98. The fraction of sp³-hybridized carbons (Fsp3) is 0.300. The lowest BCUT2D eigenvalue weighted by Crippen LogP contribution is -1.83. The molecule has 14 heavy (non-hydrogen) atoms. The summed E-state index contributed by atoms with van der Waals surface area (Å²) in [6.45, 7) is 2.14. The van der Waals surface area contributed by atoms with Crippen LogP contribution in [0.4, 0.5) is 0 Å². The van der Waals surface area contributed by atoms with Gasteiger partial charge in [-0.15, -0.1) is 0 Å². The maximum Gasteiger partial charge on any atom is 0.107 e. The van der Waals surface area contributed by atoms with Crippen LogP contribution in [0.2, 0.25) is 5.02 Å². The minimum absolute atomic E-state index is 0.712. The fourth-order valence-corrected chi connectivity index (χ4v) is 1.91. The Morgan fingerprint density at radius 2 is 2.29 bits per heavy atom. The third kappa shape index (κ3) is 1.79. The third-order valence-electron chi connectivity index (χ3n) is 2.06. The summed E-state index contributed by atoms with van der Waals surface area (Å²) in [5.74, 6) is 1.02. The zero-order chi connectivity index (χ0) is 10.1. The van der Waals surface area contributed by atoms with Crippen molar-refractivity contribution in [3.63, 3.8) is 0 Å². The van der Waals surface area contributed by atoms with Crippen molar-refractivity contribution in [2.75, 3.05) is 0 Å². The molecule has 0 amide bonds. The van der Waals surface area contributed by atoms with Gasteiger partial charge in [-0.3, -0.25) is 0 Å². The summed E-state index contributed by atoms with van der Waals surface area (Å²) in [7, 11) is 0. The summed E-state index contributed by atoms with van der Waals surface area (Å²) in [5.41, 5.74) is 1.96. The first-order valence-electron chi connectivity index (χ1n) is 4.54. The van der Waals surface area contributed by atoms with Gasteiger partial charge in [-0.1, -0.05) is 18.5 Å². The number of aryl methyl sites for hydroxylation is 1. The highest BCUT2D eigenvalue weighted by molar-refractivity contribution is 9.10. The number of nitrogens with zero attached hydrogens (tertiary/aromatic N) is 1. The predicted molar refractivity (Wildman–Crippen MR) is 62.8 cm³/mol. The molecule has 4 heteroatoms. The van der Waals surface area contributed by atoms with Crippen molar-refractivity contribution in [3.05, 3.63) is 27.5 Å². The van der Waals surface area contributed by atoms with Crippen LogP contribution in [0.25, 0.3) is 11.0 Å². The molecule has 1 N–H and O–H groups in total. The first kappa shape index (κ1) is 9.99. The highest BCUT2D eigenvalue weighted by Gasteiger charge is 2.05. The molecule has 0 aliphatic carbocycles. The zero-order valence-corrected chi connectivity index (χ0v) is 10.1. The van der Waals surface area contributed by atoms with E-state index in [2.05, 4.69) is 32.8 Å². The highest BCUT2D eigenvalue weighted by Crippen LogP contribution is 2.27. The standard InChI is InChI=1S/C10H10BrClN2/c1-2-3-10-13-8-4-6(11)7(12)5-9(8)14-10/h4-5H,2-3H2,1H3,(H,13,14). The minimum Gasteiger partial charge on any atom is -0.342 e. The van der Waals surface area contributed by atoms with E-state index in [9.17, 15) is 0 Å². The van der Waals surface area contributed by atoms with E-state index in [1.807, 2.05) is 12.1 Å². The van der Waals surface area contributed by atoms with Gasteiger partial charge in [0.1, 0.15) is 5.82 Å². The van der Waals surface area contributed by atoms with Gasteiger partial charge in [0.15, 0.2) is 0 Å².